The Morgan fingerprint density at radius 1 is 1.03 bits per heavy atom. The van der Waals surface area contributed by atoms with Gasteiger partial charge in [0.15, 0.2) is 11.5 Å². The standard InChI is InChI=1S/C21H16N4O3S/c26-21(23-15-3-1-2-4-16(15)25-10-9-22-24-25)20-8-7-19(29-20)14-5-6-17-18(13-14)28-12-11-27-17/h1-10,13H,11-12H2,(H,23,26). The molecule has 0 unspecified atom stereocenters. The van der Waals surface area contributed by atoms with Gasteiger partial charge in [-0.25, -0.2) is 4.68 Å². The third kappa shape index (κ3) is 3.45. The van der Waals surface area contributed by atoms with E-state index in [1.54, 1.807) is 17.1 Å². The lowest BCUT2D eigenvalue weighted by Gasteiger charge is -2.18. The van der Waals surface area contributed by atoms with E-state index in [-0.39, 0.29) is 5.91 Å². The Labute approximate surface area is 170 Å². The van der Waals surface area contributed by atoms with Crippen molar-refractivity contribution in [3.8, 4) is 27.6 Å². The molecule has 2 aromatic carbocycles. The molecule has 0 bridgehead atoms. The summed E-state index contributed by atoms with van der Waals surface area (Å²) in [5.74, 6) is 1.31. The number of hydrogen-bond donors (Lipinski definition) is 1. The molecular weight excluding hydrogens is 388 g/mol. The lowest BCUT2D eigenvalue weighted by atomic mass is 10.1. The van der Waals surface area contributed by atoms with Crippen LogP contribution in [-0.4, -0.2) is 34.1 Å². The Morgan fingerprint density at radius 3 is 2.76 bits per heavy atom. The first-order valence-corrected chi connectivity index (χ1v) is 9.86. The van der Waals surface area contributed by atoms with E-state index in [1.165, 1.54) is 11.3 Å². The average Bonchev–Trinajstić information content (AvgIpc) is 3.46. The van der Waals surface area contributed by atoms with Crippen LogP contribution in [0.2, 0.25) is 0 Å². The molecular formula is C21H16N4O3S. The maximum atomic E-state index is 12.8. The van der Waals surface area contributed by atoms with Crippen molar-refractivity contribution in [2.75, 3.05) is 18.5 Å². The topological polar surface area (TPSA) is 78.3 Å². The molecule has 5 rings (SSSR count). The highest BCUT2D eigenvalue weighted by Crippen LogP contribution is 2.37. The fourth-order valence-corrected chi connectivity index (χ4v) is 4.01. The van der Waals surface area contributed by atoms with E-state index >= 15 is 0 Å². The second-order valence-corrected chi connectivity index (χ2v) is 7.43. The van der Waals surface area contributed by atoms with Crippen molar-refractivity contribution in [3.05, 3.63) is 71.9 Å². The number of carbonyl (C=O) groups is 1. The van der Waals surface area contributed by atoms with Crippen LogP contribution in [0.3, 0.4) is 0 Å². The lowest BCUT2D eigenvalue weighted by Crippen LogP contribution is -2.15. The number of aromatic nitrogens is 3. The number of rotatable bonds is 4. The summed E-state index contributed by atoms with van der Waals surface area (Å²) < 4.78 is 12.8. The van der Waals surface area contributed by atoms with Gasteiger partial charge < -0.3 is 14.8 Å². The molecule has 0 aliphatic carbocycles. The number of para-hydroxylation sites is 2. The highest BCUT2D eigenvalue weighted by Gasteiger charge is 2.16. The van der Waals surface area contributed by atoms with Crippen molar-refractivity contribution in [1.82, 2.24) is 15.0 Å². The normalized spacial score (nSPS) is 12.6. The van der Waals surface area contributed by atoms with Gasteiger partial charge in [-0.05, 0) is 48.0 Å². The van der Waals surface area contributed by atoms with Crippen molar-refractivity contribution in [3.63, 3.8) is 0 Å². The van der Waals surface area contributed by atoms with Crippen molar-refractivity contribution in [2.24, 2.45) is 0 Å². The molecule has 1 amide bonds. The van der Waals surface area contributed by atoms with Gasteiger partial charge in [0.05, 0.1) is 28.6 Å². The van der Waals surface area contributed by atoms with E-state index in [0.29, 0.717) is 23.8 Å². The zero-order valence-corrected chi connectivity index (χ0v) is 16.1. The Bertz CT molecular complexity index is 1170. The highest BCUT2D eigenvalue weighted by atomic mass is 32.1. The second kappa shape index (κ2) is 7.40. The van der Waals surface area contributed by atoms with E-state index < -0.39 is 0 Å². The van der Waals surface area contributed by atoms with Crippen molar-refractivity contribution < 1.29 is 14.3 Å². The predicted octanol–water partition coefficient (Wildman–Crippen LogP) is 4.02. The summed E-state index contributed by atoms with van der Waals surface area (Å²) in [6, 6.07) is 17.0. The summed E-state index contributed by atoms with van der Waals surface area (Å²) >= 11 is 1.42. The quantitative estimate of drug-likeness (QED) is 0.556. The van der Waals surface area contributed by atoms with Gasteiger partial charge >= 0.3 is 0 Å². The number of nitrogens with one attached hydrogen (secondary N) is 1. The Hall–Kier alpha value is -3.65. The summed E-state index contributed by atoms with van der Waals surface area (Å²) in [5, 5.41) is 10.8. The van der Waals surface area contributed by atoms with Crippen LogP contribution in [-0.2, 0) is 0 Å². The molecule has 0 fully saturated rings. The molecule has 3 heterocycles. The van der Waals surface area contributed by atoms with Gasteiger partial charge in [0.2, 0.25) is 0 Å². The number of benzene rings is 2. The van der Waals surface area contributed by atoms with Crippen LogP contribution in [0, 0.1) is 0 Å². The fourth-order valence-electron chi connectivity index (χ4n) is 3.11. The molecule has 0 saturated heterocycles. The minimum Gasteiger partial charge on any atom is -0.486 e. The molecule has 144 valence electrons. The zero-order valence-electron chi connectivity index (χ0n) is 15.2. The maximum Gasteiger partial charge on any atom is 0.265 e. The molecule has 2 aromatic heterocycles. The second-order valence-electron chi connectivity index (χ2n) is 6.34. The Balaban J connectivity index is 1.38. The van der Waals surface area contributed by atoms with Crippen molar-refractivity contribution in [2.45, 2.75) is 0 Å². The first-order valence-electron chi connectivity index (χ1n) is 9.05. The smallest absolute Gasteiger partial charge is 0.265 e. The summed E-state index contributed by atoms with van der Waals surface area (Å²) in [5.41, 5.74) is 2.40. The molecule has 0 radical (unpaired) electrons. The number of ether oxygens (including phenoxy) is 2. The minimum absolute atomic E-state index is 0.175. The average molecular weight is 404 g/mol. The Morgan fingerprint density at radius 2 is 1.90 bits per heavy atom. The van der Waals surface area contributed by atoms with Gasteiger partial charge in [-0.2, -0.15) is 0 Å². The van der Waals surface area contributed by atoms with Crippen LogP contribution in [0.5, 0.6) is 11.5 Å². The van der Waals surface area contributed by atoms with E-state index in [9.17, 15) is 4.79 Å². The van der Waals surface area contributed by atoms with E-state index in [0.717, 1.165) is 27.6 Å². The van der Waals surface area contributed by atoms with E-state index in [1.807, 2.05) is 54.6 Å². The molecule has 1 N–H and O–H groups in total. The molecule has 1 aliphatic rings. The Kier molecular flexibility index (Phi) is 4.45. The van der Waals surface area contributed by atoms with E-state index in [2.05, 4.69) is 15.6 Å². The molecule has 8 heteroatoms. The summed E-state index contributed by atoms with van der Waals surface area (Å²) in [7, 11) is 0. The van der Waals surface area contributed by atoms with Gasteiger partial charge in [-0.15, -0.1) is 16.4 Å². The number of amides is 1. The lowest BCUT2D eigenvalue weighted by molar-refractivity contribution is 0.103. The van der Waals surface area contributed by atoms with Gasteiger partial charge in [-0.1, -0.05) is 17.3 Å². The molecule has 4 aromatic rings. The van der Waals surface area contributed by atoms with Gasteiger partial charge in [0.25, 0.3) is 5.91 Å². The third-order valence-electron chi connectivity index (χ3n) is 4.48. The molecule has 7 nitrogen and oxygen atoms in total. The van der Waals surface area contributed by atoms with Crippen LogP contribution in [0.15, 0.2) is 67.0 Å². The molecule has 1 aliphatic heterocycles. The first-order chi connectivity index (χ1) is 14.3. The van der Waals surface area contributed by atoms with Gasteiger partial charge in [0, 0.05) is 4.88 Å². The number of hydrogen-bond acceptors (Lipinski definition) is 6. The minimum atomic E-state index is -0.175. The molecule has 29 heavy (non-hydrogen) atoms. The van der Waals surface area contributed by atoms with Crippen molar-refractivity contribution in [1.29, 1.82) is 0 Å². The number of nitrogens with zero attached hydrogens (tertiary/aromatic N) is 3. The van der Waals surface area contributed by atoms with Crippen LogP contribution >= 0.6 is 11.3 Å². The number of carbonyl (C=O) groups excluding carboxylic acids is 1. The predicted molar refractivity (Wildman–Crippen MR) is 110 cm³/mol. The third-order valence-corrected chi connectivity index (χ3v) is 5.61. The van der Waals surface area contributed by atoms with E-state index in [4.69, 9.17) is 9.47 Å². The zero-order chi connectivity index (χ0) is 19.6. The summed E-state index contributed by atoms with van der Waals surface area (Å²) in [6.07, 6.45) is 3.33. The van der Waals surface area contributed by atoms with Crippen LogP contribution in [0.25, 0.3) is 16.1 Å². The highest BCUT2D eigenvalue weighted by molar-refractivity contribution is 7.17. The summed E-state index contributed by atoms with van der Waals surface area (Å²) in [4.78, 5) is 14.4. The van der Waals surface area contributed by atoms with Gasteiger partial charge in [0.1, 0.15) is 13.2 Å². The summed E-state index contributed by atoms with van der Waals surface area (Å²) in [6.45, 7) is 1.10. The SMILES string of the molecule is O=C(Nc1ccccc1-n1ccnn1)c1ccc(-c2ccc3c(c2)OCCO3)s1. The van der Waals surface area contributed by atoms with Crippen LogP contribution < -0.4 is 14.8 Å². The molecule has 0 spiro atoms. The maximum absolute atomic E-state index is 12.8. The number of thiophene rings is 1. The van der Waals surface area contributed by atoms with Crippen molar-refractivity contribution >= 4 is 22.9 Å². The fraction of sp³-hybridized carbons (Fsp3) is 0.0952. The number of anilines is 1. The monoisotopic (exact) mass is 404 g/mol. The molecule has 0 atom stereocenters. The van der Waals surface area contributed by atoms with Crippen LogP contribution in [0.1, 0.15) is 9.67 Å². The first kappa shape index (κ1) is 17.4. The largest absolute Gasteiger partial charge is 0.486 e. The van der Waals surface area contributed by atoms with Crippen LogP contribution in [0.4, 0.5) is 5.69 Å². The number of fused-ring (bicyclic) bond motifs is 1. The van der Waals surface area contributed by atoms with Gasteiger partial charge in [-0.3, -0.25) is 4.79 Å². The molecule has 0 saturated carbocycles.